The third kappa shape index (κ3) is 3.00. The molecule has 30 heavy (non-hydrogen) atoms. The molecular formula is C23H30O7. The predicted octanol–water partition coefficient (Wildman–Crippen LogP) is 3.55. The lowest BCUT2D eigenvalue weighted by molar-refractivity contribution is -0.156. The van der Waals surface area contributed by atoms with Gasteiger partial charge in [0.25, 0.3) is 0 Å². The molecule has 3 fully saturated rings. The fourth-order valence-electron chi connectivity index (χ4n) is 7.10. The molecule has 3 saturated carbocycles. The molecule has 7 heteroatoms. The number of ketones is 2. The Morgan fingerprint density at radius 1 is 1.20 bits per heavy atom. The van der Waals surface area contributed by atoms with Gasteiger partial charge in [-0.1, -0.05) is 19.4 Å². The second-order valence-electron chi connectivity index (χ2n) is 9.89. The Morgan fingerprint density at radius 3 is 2.60 bits per heavy atom. The number of hydrogen-bond acceptors (Lipinski definition) is 6. The van der Waals surface area contributed by atoms with E-state index in [1.807, 2.05) is 13.8 Å². The number of ether oxygens (including phenoxy) is 2. The number of Topliss-reactive ketones (excluding diaryl/α,β-unsaturated/α-hetero) is 1. The zero-order valence-electron chi connectivity index (χ0n) is 17.8. The van der Waals surface area contributed by atoms with Gasteiger partial charge >= 0.3 is 12.1 Å². The van der Waals surface area contributed by atoms with Crippen molar-refractivity contribution in [2.24, 2.45) is 34.5 Å². The predicted molar refractivity (Wildman–Crippen MR) is 106 cm³/mol. The Bertz CT molecular complexity index is 829. The molecular weight excluding hydrogens is 388 g/mol. The molecule has 7 atom stereocenters. The molecule has 164 valence electrons. The number of carboxylic acid groups (broad SMARTS) is 1. The maximum atomic E-state index is 13.5. The summed E-state index contributed by atoms with van der Waals surface area (Å²) in [5.74, 6) is -2.41. The number of carbonyl (C=O) groups is 4. The first kappa shape index (κ1) is 21.1. The molecule has 4 rings (SSSR count). The Kier molecular flexibility index (Phi) is 5.06. The van der Waals surface area contributed by atoms with Crippen molar-refractivity contribution in [3.05, 3.63) is 11.6 Å². The molecule has 0 aliphatic heterocycles. The summed E-state index contributed by atoms with van der Waals surface area (Å²) in [6.45, 7) is 5.98. The number of carboxylic acids is 1. The van der Waals surface area contributed by atoms with Crippen molar-refractivity contribution in [3.63, 3.8) is 0 Å². The zero-order valence-corrected chi connectivity index (χ0v) is 17.8. The van der Waals surface area contributed by atoms with Crippen molar-refractivity contribution in [1.29, 1.82) is 0 Å². The van der Waals surface area contributed by atoms with Crippen LogP contribution >= 0.6 is 0 Å². The van der Waals surface area contributed by atoms with Gasteiger partial charge in [0.1, 0.15) is 17.8 Å². The summed E-state index contributed by atoms with van der Waals surface area (Å²) in [4.78, 5) is 49.4. The van der Waals surface area contributed by atoms with Crippen LogP contribution in [0.2, 0.25) is 0 Å². The molecule has 4 aliphatic carbocycles. The highest BCUT2D eigenvalue weighted by atomic mass is 16.7. The van der Waals surface area contributed by atoms with Crippen molar-refractivity contribution in [2.75, 3.05) is 6.61 Å². The summed E-state index contributed by atoms with van der Waals surface area (Å²) in [5, 5.41) is 9.53. The van der Waals surface area contributed by atoms with Crippen LogP contribution in [0.3, 0.4) is 0 Å². The molecule has 0 radical (unpaired) electrons. The number of fused-ring (bicyclic) bond motifs is 5. The van der Waals surface area contributed by atoms with E-state index in [1.165, 1.54) is 6.08 Å². The molecule has 0 heterocycles. The summed E-state index contributed by atoms with van der Waals surface area (Å²) in [6, 6.07) is 0. The molecule has 0 aromatic rings. The Hall–Kier alpha value is -2.18. The van der Waals surface area contributed by atoms with Crippen LogP contribution in [0.25, 0.3) is 0 Å². The van der Waals surface area contributed by atoms with E-state index in [-0.39, 0.29) is 48.5 Å². The minimum Gasteiger partial charge on any atom is -0.481 e. The quantitative estimate of drug-likeness (QED) is 0.552. The van der Waals surface area contributed by atoms with Crippen LogP contribution < -0.4 is 0 Å². The number of allylic oxidation sites excluding steroid dienone is 1. The van der Waals surface area contributed by atoms with Gasteiger partial charge in [-0.05, 0) is 56.9 Å². The second kappa shape index (κ2) is 7.20. The normalized spacial score (nSPS) is 42.5. The Balaban J connectivity index is 1.64. The van der Waals surface area contributed by atoms with E-state index in [2.05, 4.69) is 0 Å². The van der Waals surface area contributed by atoms with Crippen LogP contribution in [0.5, 0.6) is 0 Å². The van der Waals surface area contributed by atoms with Crippen LogP contribution in [0, 0.1) is 34.5 Å². The minimum absolute atomic E-state index is 0.102. The van der Waals surface area contributed by atoms with Crippen LogP contribution in [0.4, 0.5) is 4.79 Å². The van der Waals surface area contributed by atoms with E-state index in [0.717, 1.165) is 18.4 Å². The van der Waals surface area contributed by atoms with Gasteiger partial charge < -0.3 is 14.6 Å². The van der Waals surface area contributed by atoms with Gasteiger partial charge in [-0.3, -0.25) is 14.4 Å². The van der Waals surface area contributed by atoms with E-state index in [1.54, 1.807) is 6.92 Å². The molecule has 0 aromatic heterocycles. The van der Waals surface area contributed by atoms with Crippen molar-refractivity contribution >= 4 is 23.7 Å². The van der Waals surface area contributed by atoms with Gasteiger partial charge in [-0.2, -0.15) is 0 Å². The monoisotopic (exact) mass is 418 g/mol. The van der Waals surface area contributed by atoms with Crippen LogP contribution in [0.1, 0.15) is 59.3 Å². The summed E-state index contributed by atoms with van der Waals surface area (Å²) in [6.07, 6.45) is 4.03. The molecule has 0 bridgehead atoms. The van der Waals surface area contributed by atoms with Gasteiger partial charge in [0.15, 0.2) is 5.78 Å². The van der Waals surface area contributed by atoms with Gasteiger partial charge in [-0.15, -0.1) is 0 Å². The highest BCUT2D eigenvalue weighted by molar-refractivity contribution is 6.06. The van der Waals surface area contributed by atoms with Gasteiger partial charge in [0.05, 0.1) is 6.61 Å². The number of carbonyl (C=O) groups excluding carboxylic acids is 3. The average molecular weight is 418 g/mol. The fourth-order valence-corrected chi connectivity index (χ4v) is 7.10. The van der Waals surface area contributed by atoms with Gasteiger partial charge in [0, 0.05) is 23.2 Å². The Morgan fingerprint density at radius 2 is 1.93 bits per heavy atom. The third-order valence-electron chi connectivity index (χ3n) is 8.42. The van der Waals surface area contributed by atoms with E-state index in [4.69, 9.17) is 9.47 Å². The second-order valence-corrected chi connectivity index (χ2v) is 9.89. The number of aliphatic carboxylic acids is 1. The summed E-state index contributed by atoms with van der Waals surface area (Å²) < 4.78 is 10.6. The van der Waals surface area contributed by atoms with Crippen molar-refractivity contribution in [3.8, 4) is 0 Å². The molecule has 0 saturated heterocycles. The van der Waals surface area contributed by atoms with Crippen molar-refractivity contribution in [2.45, 2.75) is 65.4 Å². The van der Waals surface area contributed by atoms with Crippen molar-refractivity contribution < 1.29 is 33.8 Å². The number of hydrogen-bond donors (Lipinski definition) is 1. The molecule has 7 nitrogen and oxygen atoms in total. The zero-order chi connectivity index (χ0) is 21.8. The molecule has 0 amide bonds. The molecule has 2 unspecified atom stereocenters. The summed E-state index contributed by atoms with van der Waals surface area (Å²) in [7, 11) is 0. The highest BCUT2D eigenvalue weighted by Crippen LogP contribution is 2.64. The standard InChI is InChI=1S/C23H30O7/c1-4-29-21(28)30-18-8-7-15-13-6-5-12-9-16(24)14(20(26)27)10-22(12,2)19(13)17(25)11-23(15,18)3/h9,13-15,18-19H,4-8,10-11H2,1-3H3,(H,26,27)/t13-,14?,15-,18?,19-,22-,23-/m0/s1. The molecule has 0 aromatic carbocycles. The number of rotatable bonds is 3. The Labute approximate surface area is 176 Å². The first-order chi connectivity index (χ1) is 14.1. The first-order valence-corrected chi connectivity index (χ1v) is 11.0. The SMILES string of the molecule is CCOC(=O)OC1CC[C@H]2[C@@H]3CCC4=CC(=O)C(C(=O)O)C[C@]4(C)[C@@H]3C(=O)C[C@]12C. The summed E-state index contributed by atoms with van der Waals surface area (Å²) >= 11 is 0. The molecule has 1 N–H and O–H groups in total. The van der Waals surface area contributed by atoms with E-state index in [0.29, 0.717) is 19.3 Å². The van der Waals surface area contributed by atoms with Gasteiger partial charge in [0.2, 0.25) is 0 Å². The first-order valence-electron chi connectivity index (χ1n) is 11.0. The van der Waals surface area contributed by atoms with Crippen molar-refractivity contribution in [1.82, 2.24) is 0 Å². The van der Waals surface area contributed by atoms with E-state index >= 15 is 0 Å². The van der Waals surface area contributed by atoms with E-state index in [9.17, 15) is 24.3 Å². The molecule has 0 spiro atoms. The largest absolute Gasteiger partial charge is 0.508 e. The highest BCUT2D eigenvalue weighted by Gasteiger charge is 2.64. The minimum atomic E-state index is -1.12. The lowest BCUT2D eigenvalue weighted by Gasteiger charge is -2.57. The lowest BCUT2D eigenvalue weighted by atomic mass is 9.46. The topological polar surface area (TPSA) is 107 Å². The van der Waals surface area contributed by atoms with E-state index < -0.39 is 28.9 Å². The summed E-state index contributed by atoms with van der Waals surface area (Å²) in [5.41, 5.74) is -0.0991. The molecule has 4 aliphatic rings. The van der Waals surface area contributed by atoms with Crippen LogP contribution in [-0.4, -0.2) is 41.5 Å². The average Bonchev–Trinajstić information content (AvgIpc) is 2.97. The smallest absolute Gasteiger partial charge is 0.481 e. The maximum absolute atomic E-state index is 13.5. The van der Waals surface area contributed by atoms with Crippen LogP contribution in [-0.2, 0) is 23.9 Å². The maximum Gasteiger partial charge on any atom is 0.508 e. The lowest BCUT2D eigenvalue weighted by Crippen LogP contribution is -2.57. The fraction of sp³-hybridized carbons (Fsp3) is 0.739. The van der Waals surface area contributed by atoms with Gasteiger partial charge in [-0.25, -0.2) is 4.79 Å². The van der Waals surface area contributed by atoms with Crippen LogP contribution in [0.15, 0.2) is 11.6 Å². The third-order valence-corrected chi connectivity index (χ3v) is 8.42.